The lowest BCUT2D eigenvalue weighted by molar-refractivity contribution is -0.124. The Kier molecular flexibility index (Phi) is 6.95. The van der Waals surface area contributed by atoms with Crippen molar-refractivity contribution in [3.05, 3.63) is 72.1 Å². The number of pyridine rings is 1. The molecule has 0 unspecified atom stereocenters. The van der Waals surface area contributed by atoms with Crippen LogP contribution in [0.25, 0.3) is 22.0 Å². The molecule has 0 amide bonds. The molecule has 1 aliphatic carbocycles. The Hall–Kier alpha value is -3.91. The standard InChI is InChI=1S/C31H32FN5O2/c1-20-9-10-23-21(17-27(38)31(19-32)12-13-31)5-2-7-24(23)28(20)39-29-25(8-4-15-34-29)26-11-16-35-30(37-26)36-22-6-3-14-33-18-22/h2,4-5,7-11,15-16,22,33H,3,6,12-14,17-19H2,1H3,(H,35,36,37)/t22-/m0/s1. The van der Waals surface area contributed by atoms with Gasteiger partial charge in [0, 0.05) is 36.8 Å². The van der Waals surface area contributed by atoms with E-state index in [2.05, 4.69) is 20.6 Å². The molecular weight excluding hydrogens is 493 g/mol. The van der Waals surface area contributed by atoms with Crippen molar-refractivity contribution in [2.45, 2.75) is 45.1 Å². The number of halogens is 1. The minimum atomic E-state index is -0.770. The largest absolute Gasteiger partial charge is 0.437 e. The van der Waals surface area contributed by atoms with E-state index in [9.17, 15) is 9.18 Å². The number of ether oxygens (including phenoxy) is 1. The van der Waals surface area contributed by atoms with E-state index in [4.69, 9.17) is 9.72 Å². The highest BCUT2D eigenvalue weighted by Gasteiger charge is 2.49. The number of anilines is 1. The summed E-state index contributed by atoms with van der Waals surface area (Å²) in [5.41, 5.74) is 2.52. The number of carbonyl (C=O) groups is 1. The number of rotatable bonds is 9. The average Bonchev–Trinajstić information content (AvgIpc) is 3.77. The van der Waals surface area contributed by atoms with E-state index in [1.807, 2.05) is 55.5 Å². The molecule has 8 heteroatoms. The first-order valence-electron chi connectivity index (χ1n) is 13.6. The van der Waals surface area contributed by atoms with E-state index in [0.717, 1.165) is 53.4 Å². The van der Waals surface area contributed by atoms with Crippen LogP contribution < -0.4 is 15.4 Å². The third-order valence-electron chi connectivity index (χ3n) is 7.88. The number of carbonyl (C=O) groups excluding carboxylic acids is 1. The Labute approximate surface area is 227 Å². The molecule has 2 aromatic carbocycles. The van der Waals surface area contributed by atoms with Crippen LogP contribution in [0.3, 0.4) is 0 Å². The van der Waals surface area contributed by atoms with Crippen molar-refractivity contribution in [3.8, 4) is 22.9 Å². The van der Waals surface area contributed by atoms with Crippen LogP contribution in [0.5, 0.6) is 11.6 Å². The molecular formula is C31H32FN5O2. The summed E-state index contributed by atoms with van der Waals surface area (Å²) in [6.45, 7) is 3.34. The summed E-state index contributed by atoms with van der Waals surface area (Å²) in [5.74, 6) is 1.67. The molecule has 2 fully saturated rings. The van der Waals surface area contributed by atoms with E-state index in [0.29, 0.717) is 36.1 Å². The van der Waals surface area contributed by atoms with Crippen LogP contribution in [0, 0.1) is 12.3 Å². The molecule has 1 saturated heterocycles. The van der Waals surface area contributed by atoms with E-state index in [1.165, 1.54) is 0 Å². The van der Waals surface area contributed by atoms with Crippen molar-refractivity contribution in [1.82, 2.24) is 20.3 Å². The molecule has 200 valence electrons. The first kappa shape index (κ1) is 25.4. The molecule has 0 spiro atoms. The topological polar surface area (TPSA) is 89.0 Å². The monoisotopic (exact) mass is 525 g/mol. The van der Waals surface area contributed by atoms with Gasteiger partial charge in [0.15, 0.2) is 0 Å². The summed E-state index contributed by atoms with van der Waals surface area (Å²) >= 11 is 0. The number of ketones is 1. The van der Waals surface area contributed by atoms with Gasteiger partial charge in [0.25, 0.3) is 0 Å². The molecule has 0 radical (unpaired) electrons. The molecule has 3 heterocycles. The third kappa shape index (κ3) is 5.21. The number of aryl methyl sites for hydroxylation is 1. The van der Waals surface area contributed by atoms with Gasteiger partial charge in [0.05, 0.1) is 16.7 Å². The summed E-state index contributed by atoms with van der Waals surface area (Å²) in [7, 11) is 0. The Morgan fingerprint density at radius 2 is 2.00 bits per heavy atom. The number of hydrogen-bond acceptors (Lipinski definition) is 7. The quantitative estimate of drug-likeness (QED) is 0.285. The van der Waals surface area contributed by atoms with Gasteiger partial charge in [-0.25, -0.2) is 15.0 Å². The first-order valence-corrected chi connectivity index (χ1v) is 13.6. The van der Waals surface area contributed by atoms with Gasteiger partial charge in [-0.2, -0.15) is 0 Å². The molecule has 2 N–H and O–H groups in total. The van der Waals surface area contributed by atoms with Gasteiger partial charge in [-0.3, -0.25) is 9.18 Å². The zero-order chi connectivity index (χ0) is 26.8. The number of Topliss-reactive ketones (excluding diaryl/α,β-unsaturated/α-hetero) is 1. The fraction of sp³-hybridized carbons (Fsp3) is 0.355. The van der Waals surface area contributed by atoms with Crippen LogP contribution in [0.2, 0.25) is 0 Å². The summed E-state index contributed by atoms with van der Waals surface area (Å²) in [6.07, 6.45) is 7.13. The first-order chi connectivity index (χ1) is 19.1. The van der Waals surface area contributed by atoms with Crippen LogP contribution in [-0.2, 0) is 11.2 Å². The van der Waals surface area contributed by atoms with Crippen molar-refractivity contribution in [3.63, 3.8) is 0 Å². The number of hydrogen-bond donors (Lipinski definition) is 2. The van der Waals surface area contributed by atoms with Gasteiger partial charge < -0.3 is 15.4 Å². The van der Waals surface area contributed by atoms with E-state index in [-0.39, 0.29) is 18.2 Å². The van der Waals surface area contributed by atoms with Gasteiger partial charge in [0.2, 0.25) is 11.8 Å². The van der Waals surface area contributed by atoms with Crippen LogP contribution in [0.1, 0.15) is 36.8 Å². The molecule has 2 aromatic heterocycles. The Morgan fingerprint density at radius 3 is 2.79 bits per heavy atom. The normalized spacial score (nSPS) is 18.1. The highest BCUT2D eigenvalue weighted by atomic mass is 19.1. The van der Waals surface area contributed by atoms with Crippen molar-refractivity contribution < 1.29 is 13.9 Å². The SMILES string of the molecule is Cc1ccc2c(CC(=O)C3(CF)CC3)cccc2c1Oc1ncccc1-c1ccnc(N[C@H]2CCCNC2)n1. The lowest BCUT2D eigenvalue weighted by Crippen LogP contribution is -2.38. The zero-order valence-electron chi connectivity index (χ0n) is 22.0. The Balaban J connectivity index is 1.31. The average molecular weight is 526 g/mol. The molecule has 0 bridgehead atoms. The molecule has 7 nitrogen and oxygen atoms in total. The number of nitrogens with one attached hydrogen (secondary N) is 2. The minimum absolute atomic E-state index is 0.0234. The summed E-state index contributed by atoms with van der Waals surface area (Å²) in [5, 5.41) is 8.65. The van der Waals surface area contributed by atoms with Crippen molar-refractivity contribution >= 4 is 22.5 Å². The lowest BCUT2D eigenvalue weighted by atomic mass is 9.92. The van der Waals surface area contributed by atoms with Gasteiger partial charge in [-0.15, -0.1) is 0 Å². The Morgan fingerprint density at radius 1 is 1.10 bits per heavy atom. The van der Waals surface area contributed by atoms with E-state index < -0.39 is 12.1 Å². The summed E-state index contributed by atoms with van der Waals surface area (Å²) in [6, 6.07) is 15.8. The fourth-order valence-corrected chi connectivity index (χ4v) is 5.29. The second kappa shape index (κ2) is 10.7. The van der Waals surface area contributed by atoms with Gasteiger partial charge in [0.1, 0.15) is 18.2 Å². The number of alkyl halides is 1. The number of benzene rings is 2. The third-order valence-corrected chi connectivity index (χ3v) is 7.88. The molecule has 2 aliphatic rings. The van der Waals surface area contributed by atoms with E-state index >= 15 is 0 Å². The van der Waals surface area contributed by atoms with Gasteiger partial charge in [-0.1, -0.05) is 30.3 Å². The summed E-state index contributed by atoms with van der Waals surface area (Å²) < 4.78 is 20.0. The molecule has 1 saturated carbocycles. The summed E-state index contributed by atoms with van der Waals surface area (Å²) in [4.78, 5) is 26.6. The fourth-order valence-electron chi connectivity index (χ4n) is 5.29. The smallest absolute Gasteiger partial charge is 0.228 e. The Bertz CT molecular complexity index is 1510. The minimum Gasteiger partial charge on any atom is -0.437 e. The number of piperidine rings is 1. The van der Waals surface area contributed by atoms with Crippen LogP contribution >= 0.6 is 0 Å². The predicted molar refractivity (Wildman–Crippen MR) is 150 cm³/mol. The zero-order valence-corrected chi connectivity index (χ0v) is 22.0. The van der Waals surface area contributed by atoms with Crippen LogP contribution in [0.15, 0.2) is 60.9 Å². The number of nitrogens with zero attached hydrogens (tertiary/aromatic N) is 3. The predicted octanol–water partition coefficient (Wildman–Crippen LogP) is 5.82. The van der Waals surface area contributed by atoms with Gasteiger partial charge in [-0.05, 0) is 73.9 Å². The molecule has 1 atom stereocenters. The van der Waals surface area contributed by atoms with Crippen LogP contribution in [0.4, 0.5) is 10.3 Å². The maximum absolute atomic E-state index is 13.5. The highest BCUT2D eigenvalue weighted by Crippen LogP contribution is 2.48. The molecule has 39 heavy (non-hydrogen) atoms. The molecule has 1 aliphatic heterocycles. The number of fused-ring (bicyclic) bond motifs is 1. The molecule has 4 aromatic rings. The van der Waals surface area contributed by atoms with Gasteiger partial charge >= 0.3 is 0 Å². The number of aromatic nitrogens is 3. The van der Waals surface area contributed by atoms with Crippen molar-refractivity contribution in [2.24, 2.45) is 5.41 Å². The maximum Gasteiger partial charge on any atom is 0.228 e. The lowest BCUT2D eigenvalue weighted by Gasteiger charge is -2.23. The highest BCUT2D eigenvalue weighted by molar-refractivity contribution is 5.97. The van der Waals surface area contributed by atoms with Crippen molar-refractivity contribution in [2.75, 3.05) is 25.1 Å². The molecule has 6 rings (SSSR count). The van der Waals surface area contributed by atoms with E-state index in [1.54, 1.807) is 12.4 Å². The van der Waals surface area contributed by atoms with Crippen molar-refractivity contribution in [1.29, 1.82) is 0 Å². The second-order valence-electron chi connectivity index (χ2n) is 10.6. The maximum atomic E-state index is 13.5. The second-order valence-corrected chi connectivity index (χ2v) is 10.6. The van der Waals surface area contributed by atoms with Crippen LogP contribution in [-0.4, -0.2) is 46.5 Å².